The third-order valence-corrected chi connectivity index (χ3v) is 4.85. The summed E-state index contributed by atoms with van der Waals surface area (Å²) < 4.78 is 5.48. The second kappa shape index (κ2) is 7.84. The molecular weight excluding hydrogens is 292 g/mol. The van der Waals surface area contributed by atoms with Crippen LogP contribution in [0, 0.1) is 0 Å². The largest absolute Gasteiger partial charge is 0.381 e. The van der Waals surface area contributed by atoms with E-state index >= 15 is 0 Å². The summed E-state index contributed by atoms with van der Waals surface area (Å²) in [6, 6.07) is 0. The van der Waals surface area contributed by atoms with Crippen LogP contribution >= 0.6 is 0 Å². The predicted octanol–water partition coefficient (Wildman–Crippen LogP) is 1.44. The molecule has 0 spiro atoms. The van der Waals surface area contributed by atoms with E-state index in [2.05, 4.69) is 34.3 Å². The minimum atomic E-state index is -0.0629. The maximum atomic E-state index is 12.8. The van der Waals surface area contributed by atoms with Crippen molar-refractivity contribution in [1.29, 1.82) is 0 Å². The van der Waals surface area contributed by atoms with E-state index in [0.29, 0.717) is 12.1 Å². The van der Waals surface area contributed by atoms with E-state index in [1.165, 1.54) is 0 Å². The van der Waals surface area contributed by atoms with Crippen LogP contribution in [-0.2, 0) is 17.6 Å². The molecule has 0 unspecified atom stereocenters. The van der Waals surface area contributed by atoms with Gasteiger partial charge in [0.1, 0.15) is 6.33 Å². The molecule has 128 valence electrons. The van der Waals surface area contributed by atoms with Gasteiger partial charge in [0.15, 0.2) is 0 Å². The minimum absolute atomic E-state index is 0.0394. The summed E-state index contributed by atoms with van der Waals surface area (Å²) in [4.78, 5) is 23.5. The van der Waals surface area contributed by atoms with Gasteiger partial charge in [0, 0.05) is 25.3 Å². The normalized spacial score (nSPS) is 17.3. The van der Waals surface area contributed by atoms with Gasteiger partial charge in [-0.25, -0.2) is 9.97 Å². The monoisotopic (exact) mass is 320 g/mol. The van der Waals surface area contributed by atoms with Crippen molar-refractivity contribution in [3.8, 4) is 0 Å². The molecule has 2 rings (SSSR count). The van der Waals surface area contributed by atoms with Gasteiger partial charge in [-0.1, -0.05) is 13.8 Å². The number of nitrogens with zero attached hydrogens (tertiary/aromatic N) is 3. The topological polar surface area (TPSA) is 67.4 Å². The average molecular weight is 320 g/mol. The van der Waals surface area contributed by atoms with Crippen molar-refractivity contribution in [2.45, 2.75) is 45.1 Å². The first kappa shape index (κ1) is 17.8. The van der Waals surface area contributed by atoms with Crippen molar-refractivity contribution in [3.63, 3.8) is 0 Å². The van der Waals surface area contributed by atoms with Gasteiger partial charge < -0.3 is 15.0 Å². The first-order valence-electron chi connectivity index (χ1n) is 8.40. The molecule has 1 aliphatic heterocycles. The fourth-order valence-electron chi connectivity index (χ4n) is 3.13. The highest BCUT2D eigenvalue weighted by atomic mass is 16.5. The Morgan fingerprint density at radius 1 is 1.22 bits per heavy atom. The molecule has 1 aromatic heterocycles. The van der Waals surface area contributed by atoms with Gasteiger partial charge in [0.05, 0.1) is 17.0 Å². The fourth-order valence-corrected chi connectivity index (χ4v) is 3.13. The number of ether oxygens (including phenoxy) is 1. The third kappa shape index (κ3) is 3.87. The fraction of sp³-hybridized carbons (Fsp3) is 0.706. The molecule has 1 amide bonds. The Kier molecular flexibility index (Phi) is 6.07. The zero-order valence-electron chi connectivity index (χ0n) is 14.7. The molecule has 1 N–H and O–H groups in total. The number of hydrogen-bond acceptors (Lipinski definition) is 5. The van der Waals surface area contributed by atoms with Gasteiger partial charge in [-0.2, -0.15) is 0 Å². The maximum absolute atomic E-state index is 12.8. The number of hydrogen-bond donors (Lipinski definition) is 1. The highest BCUT2D eigenvalue weighted by molar-refractivity contribution is 5.96. The van der Waals surface area contributed by atoms with Crippen molar-refractivity contribution in [2.24, 2.45) is 0 Å². The summed E-state index contributed by atoms with van der Waals surface area (Å²) >= 11 is 0. The van der Waals surface area contributed by atoms with Gasteiger partial charge >= 0.3 is 0 Å². The lowest BCUT2D eigenvalue weighted by Gasteiger charge is -2.42. The number of likely N-dealkylation sites (N-methyl/N-ethyl adjacent to an activating group) is 1. The van der Waals surface area contributed by atoms with Crippen molar-refractivity contribution in [2.75, 3.05) is 33.9 Å². The number of aromatic nitrogens is 2. The number of nitrogens with one attached hydrogen (secondary N) is 1. The molecule has 6 heteroatoms. The van der Waals surface area contributed by atoms with Crippen LogP contribution in [0.4, 0.5) is 0 Å². The number of rotatable bonds is 6. The van der Waals surface area contributed by atoms with Crippen LogP contribution in [0.2, 0.25) is 0 Å². The summed E-state index contributed by atoms with van der Waals surface area (Å²) in [5.74, 6) is -0.0629. The van der Waals surface area contributed by atoms with Crippen molar-refractivity contribution >= 4 is 5.91 Å². The second-order valence-electron chi connectivity index (χ2n) is 6.26. The number of amides is 1. The van der Waals surface area contributed by atoms with Gasteiger partial charge in [0.2, 0.25) is 0 Å². The third-order valence-electron chi connectivity index (χ3n) is 4.85. The number of carbonyl (C=O) groups excluding carboxylic acids is 1. The van der Waals surface area contributed by atoms with Crippen LogP contribution in [-0.4, -0.2) is 60.2 Å². The first-order valence-corrected chi connectivity index (χ1v) is 8.40. The smallest absolute Gasteiger partial charge is 0.255 e. The maximum Gasteiger partial charge on any atom is 0.255 e. The number of aryl methyl sites for hydroxylation is 2. The Labute approximate surface area is 138 Å². The van der Waals surface area contributed by atoms with Gasteiger partial charge in [-0.05, 0) is 39.8 Å². The predicted molar refractivity (Wildman–Crippen MR) is 89.6 cm³/mol. The molecule has 0 aromatic carbocycles. The Bertz CT molecular complexity index is 517. The van der Waals surface area contributed by atoms with E-state index in [1.54, 1.807) is 6.33 Å². The van der Waals surface area contributed by atoms with Crippen LogP contribution in [0.1, 0.15) is 48.4 Å². The van der Waals surface area contributed by atoms with E-state index in [-0.39, 0.29) is 11.4 Å². The molecular formula is C17H28N4O2. The molecule has 0 saturated carbocycles. The standard InChI is InChI=1S/C17H28N4O2/c1-5-13-15(14(6-2)20-12-19-13)16(22)18-11-17(21(3)4)7-9-23-10-8-17/h12H,5-11H2,1-4H3,(H,18,22). The van der Waals surface area contributed by atoms with Crippen molar-refractivity contribution in [3.05, 3.63) is 23.3 Å². The highest BCUT2D eigenvalue weighted by Crippen LogP contribution is 2.25. The van der Waals surface area contributed by atoms with E-state index < -0.39 is 0 Å². The van der Waals surface area contributed by atoms with Gasteiger partial charge in [-0.3, -0.25) is 4.79 Å². The molecule has 1 aliphatic rings. The van der Waals surface area contributed by atoms with E-state index in [1.807, 2.05) is 13.8 Å². The molecule has 0 bridgehead atoms. The van der Waals surface area contributed by atoms with Crippen LogP contribution in [0.15, 0.2) is 6.33 Å². The van der Waals surface area contributed by atoms with E-state index in [0.717, 1.165) is 50.3 Å². The summed E-state index contributed by atoms with van der Waals surface area (Å²) in [6.45, 7) is 6.12. The lowest BCUT2D eigenvalue weighted by atomic mass is 9.88. The van der Waals surface area contributed by atoms with Crippen LogP contribution in [0.3, 0.4) is 0 Å². The highest BCUT2D eigenvalue weighted by Gasteiger charge is 2.35. The first-order chi connectivity index (χ1) is 11.0. The lowest BCUT2D eigenvalue weighted by Crippen LogP contribution is -2.55. The summed E-state index contributed by atoms with van der Waals surface area (Å²) in [7, 11) is 4.14. The molecule has 23 heavy (non-hydrogen) atoms. The Morgan fingerprint density at radius 3 is 2.26 bits per heavy atom. The van der Waals surface area contributed by atoms with Crippen LogP contribution in [0.5, 0.6) is 0 Å². The zero-order chi connectivity index (χ0) is 16.9. The van der Waals surface area contributed by atoms with E-state index in [9.17, 15) is 4.79 Å². The Morgan fingerprint density at radius 2 is 1.78 bits per heavy atom. The molecule has 0 radical (unpaired) electrons. The molecule has 1 fully saturated rings. The zero-order valence-corrected chi connectivity index (χ0v) is 14.7. The lowest BCUT2D eigenvalue weighted by molar-refractivity contribution is -0.00659. The quantitative estimate of drug-likeness (QED) is 0.859. The van der Waals surface area contributed by atoms with E-state index in [4.69, 9.17) is 4.74 Å². The average Bonchev–Trinajstić information content (AvgIpc) is 2.59. The van der Waals surface area contributed by atoms with Crippen LogP contribution < -0.4 is 5.32 Å². The molecule has 0 aliphatic carbocycles. The van der Waals surface area contributed by atoms with Crippen molar-refractivity contribution < 1.29 is 9.53 Å². The Balaban J connectivity index is 2.16. The number of carbonyl (C=O) groups is 1. The molecule has 1 saturated heterocycles. The summed E-state index contributed by atoms with van der Waals surface area (Å²) in [5, 5.41) is 3.12. The molecule has 0 atom stereocenters. The molecule has 6 nitrogen and oxygen atoms in total. The second-order valence-corrected chi connectivity index (χ2v) is 6.26. The van der Waals surface area contributed by atoms with Gasteiger partial charge in [-0.15, -0.1) is 0 Å². The summed E-state index contributed by atoms with van der Waals surface area (Å²) in [5.41, 5.74) is 2.25. The molecule has 2 heterocycles. The summed E-state index contributed by atoms with van der Waals surface area (Å²) in [6.07, 6.45) is 4.85. The van der Waals surface area contributed by atoms with Crippen molar-refractivity contribution in [1.82, 2.24) is 20.2 Å². The minimum Gasteiger partial charge on any atom is -0.381 e. The SMILES string of the molecule is CCc1ncnc(CC)c1C(=O)NCC1(N(C)C)CCOCC1. The van der Waals surface area contributed by atoms with Crippen LogP contribution in [0.25, 0.3) is 0 Å². The Hall–Kier alpha value is -1.53. The van der Waals surface area contributed by atoms with Gasteiger partial charge in [0.25, 0.3) is 5.91 Å². The molecule has 1 aromatic rings.